The molecule has 0 saturated carbocycles. The van der Waals surface area contributed by atoms with Gasteiger partial charge in [0.25, 0.3) is 0 Å². The standard InChI is InChI=1S/C21H21N3O3S/c1-14(25)24-12-10-15(11-13-24)20(26)27-17-8-5-9-18-19(17)23-21(28-18)22-16-6-3-2-4-7-16/h2-9,15H,10-13H2,1H3,(H,22,23). The van der Waals surface area contributed by atoms with Gasteiger partial charge in [0, 0.05) is 25.7 Å². The first-order chi connectivity index (χ1) is 13.6. The zero-order chi connectivity index (χ0) is 19.5. The van der Waals surface area contributed by atoms with Gasteiger partial charge in [-0.3, -0.25) is 9.59 Å². The molecule has 0 radical (unpaired) electrons. The summed E-state index contributed by atoms with van der Waals surface area (Å²) in [7, 11) is 0. The van der Waals surface area contributed by atoms with Crippen LogP contribution in [0.3, 0.4) is 0 Å². The monoisotopic (exact) mass is 395 g/mol. The summed E-state index contributed by atoms with van der Waals surface area (Å²) in [6, 6.07) is 15.4. The van der Waals surface area contributed by atoms with Crippen molar-refractivity contribution in [2.75, 3.05) is 18.4 Å². The minimum atomic E-state index is -0.249. The van der Waals surface area contributed by atoms with Crippen LogP contribution >= 0.6 is 11.3 Å². The number of amides is 1. The highest BCUT2D eigenvalue weighted by atomic mass is 32.1. The van der Waals surface area contributed by atoms with Crippen molar-refractivity contribution in [3.63, 3.8) is 0 Å². The molecule has 3 aromatic rings. The minimum Gasteiger partial charge on any atom is -0.424 e. The fourth-order valence-electron chi connectivity index (χ4n) is 3.33. The van der Waals surface area contributed by atoms with E-state index in [1.807, 2.05) is 42.5 Å². The Labute approximate surface area is 167 Å². The van der Waals surface area contributed by atoms with Crippen LogP contribution in [0.4, 0.5) is 10.8 Å². The van der Waals surface area contributed by atoms with E-state index in [-0.39, 0.29) is 17.8 Å². The van der Waals surface area contributed by atoms with E-state index >= 15 is 0 Å². The molecule has 2 aromatic carbocycles. The summed E-state index contributed by atoms with van der Waals surface area (Å²) in [5, 5.41) is 4.03. The SMILES string of the molecule is CC(=O)N1CCC(C(=O)Oc2cccc3sc(Nc4ccccc4)nc23)CC1. The fraction of sp³-hybridized carbons (Fsp3) is 0.286. The molecule has 4 rings (SSSR count). The summed E-state index contributed by atoms with van der Waals surface area (Å²) in [5.41, 5.74) is 1.64. The van der Waals surface area contributed by atoms with Gasteiger partial charge in [0.05, 0.1) is 10.6 Å². The van der Waals surface area contributed by atoms with Crippen molar-refractivity contribution in [3.8, 4) is 5.75 Å². The van der Waals surface area contributed by atoms with Crippen molar-refractivity contribution < 1.29 is 14.3 Å². The average molecular weight is 395 g/mol. The normalized spacial score (nSPS) is 14.8. The number of benzene rings is 2. The van der Waals surface area contributed by atoms with Crippen LogP contribution in [-0.2, 0) is 9.59 Å². The highest BCUT2D eigenvalue weighted by molar-refractivity contribution is 7.22. The largest absolute Gasteiger partial charge is 0.424 e. The Morgan fingerprint density at radius 1 is 1.11 bits per heavy atom. The summed E-state index contributed by atoms with van der Waals surface area (Å²) in [4.78, 5) is 30.5. The van der Waals surface area contributed by atoms with Crippen LogP contribution in [0.1, 0.15) is 19.8 Å². The maximum atomic E-state index is 12.6. The minimum absolute atomic E-state index is 0.0532. The fourth-order valence-corrected chi connectivity index (χ4v) is 4.23. The van der Waals surface area contributed by atoms with E-state index in [2.05, 4.69) is 10.3 Å². The third kappa shape index (κ3) is 3.99. The van der Waals surface area contributed by atoms with Crippen LogP contribution in [0.15, 0.2) is 48.5 Å². The molecule has 1 aliphatic rings. The van der Waals surface area contributed by atoms with Gasteiger partial charge in [-0.25, -0.2) is 4.98 Å². The molecule has 144 valence electrons. The zero-order valence-electron chi connectivity index (χ0n) is 15.6. The van der Waals surface area contributed by atoms with Gasteiger partial charge in [-0.1, -0.05) is 35.6 Å². The molecule has 0 spiro atoms. The number of rotatable bonds is 4. The van der Waals surface area contributed by atoms with Gasteiger partial charge >= 0.3 is 5.97 Å². The van der Waals surface area contributed by atoms with Crippen molar-refractivity contribution >= 4 is 44.2 Å². The number of hydrogen-bond acceptors (Lipinski definition) is 6. The number of carbonyl (C=O) groups excluding carboxylic acids is 2. The number of fused-ring (bicyclic) bond motifs is 1. The molecule has 1 amide bonds. The first-order valence-corrected chi connectivity index (χ1v) is 10.1. The number of likely N-dealkylation sites (tertiary alicyclic amines) is 1. The molecule has 1 N–H and O–H groups in total. The molecular formula is C21H21N3O3S. The topological polar surface area (TPSA) is 71.5 Å². The second kappa shape index (κ2) is 7.98. The molecule has 1 aromatic heterocycles. The highest BCUT2D eigenvalue weighted by Crippen LogP contribution is 2.34. The lowest BCUT2D eigenvalue weighted by molar-refractivity contribution is -0.142. The zero-order valence-corrected chi connectivity index (χ0v) is 16.4. The van der Waals surface area contributed by atoms with Gasteiger partial charge in [0.15, 0.2) is 10.9 Å². The maximum Gasteiger partial charge on any atom is 0.314 e. The third-order valence-corrected chi connectivity index (χ3v) is 5.83. The lowest BCUT2D eigenvalue weighted by atomic mass is 9.97. The van der Waals surface area contributed by atoms with Crippen molar-refractivity contribution in [2.24, 2.45) is 5.92 Å². The van der Waals surface area contributed by atoms with Gasteiger partial charge in [0.2, 0.25) is 5.91 Å². The number of nitrogens with one attached hydrogen (secondary N) is 1. The number of piperidine rings is 1. The van der Waals surface area contributed by atoms with Gasteiger partial charge < -0.3 is 15.0 Å². The van der Waals surface area contributed by atoms with E-state index in [4.69, 9.17) is 4.74 Å². The molecule has 7 heteroatoms. The van der Waals surface area contributed by atoms with Crippen LogP contribution < -0.4 is 10.1 Å². The van der Waals surface area contributed by atoms with Crippen molar-refractivity contribution in [3.05, 3.63) is 48.5 Å². The number of ether oxygens (including phenoxy) is 1. The second-order valence-corrected chi connectivity index (χ2v) is 7.85. The Balaban J connectivity index is 1.48. The van der Waals surface area contributed by atoms with Crippen LogP contribution in [-0.4, -0.2) is 34.8 Å². The molecule has 6 nitrogen and oxygen atoms in total. The smallest absolute Gasteiger partial charge is 0.314 e. The Hall–Kier alpha value is -2.93. The highest BCUT2D eigenvalue weighted by Gasteiger charge is 2.28. The Bertz CT molecular complexity index is 995. The molecule has 1 fully saturated rings. The summed E-state index contributed by atoms with van der Waals surface area (Å²) >= 11 is 1.51. The van der Waals surface area contributed by atoms with E-state index in [0.717, 1.165) is 15.5 Å². The van der Waals surface area contributed by atoms with E-state index in [0.29, 0.717) is 37.2 Å². The van der Waals surface area contributed by atoms with E-state index in [1.54, 1.807) is 17.9 Å². The van der Waals surface area contributed by atoms with Crippen molar-refractivity contribution in [1.29, 1.82) is 0 Å². The summed E-state index contributed by atoms with van der Waals surface area (Å²) in [6.45, 7) is 2.75. The first-order valence-electron chi connectivity index (χ1n) is 9.29. The van der Waals surface area contributed by atoms with Gasteiger partial charge in [0.1, 0.15) is 5.52 Å². The first kappa shape index (κ1) is 18.4. The van der Waals surface area contributed by atoms with Crippen LogP contribution in [0, 0.1) is 5.92 Å². The lowest BCUT2D eigenvalue weighted by Gasteiger charge is -2.29. The Morgan fingerprint density at radius 2 is 1.86 bits per heavy atom. The Kier molecular flexibility index (Phi) is 5.25. The van der Waals surface area contributed by atoms with E-state index in [9.17, 15) is 9.59 Å². The number of para-hydroxylation sites is 2. The number of nitrogens with zero attached hydrogens (tertiary/aromatic N) is 2. The van der Waals surface area contributed by atoms with Crippen LogP contribution in [0.5, 0.6) is 5.75 Å². The summed E-state index contributed by atoms with van der Waals surface area (Å²) < 4.78 is 6.65. The van der Waals surface area contributed by atoms with Gasteiger partial charge in [-0.05, 0) is 37.1 Å². The van der Waals surface area contributed by atoms with Crippen LogP contribution in [0.25, 0.3) is 10.2 Å². The molecule has 1 saturated heterocycles. The van der Waals surface area contributed by atoms with E-state index in [1.165, 1.54) is 11.3 Å². The molecule has 1 aliphatic heterocycles. The van der Waals surface area contributed by atoms with Crippen molar-refractivity contribution in [1.82, 2.24) is 9.88 Å². The maximum absolute atomic E-state index is 12.6. The van der Waals surface area contributed by atoms with Crippen molar-refractivity contribution in [2.45, 2.75) is 19.8 Å². The second-order valence-electron chi connectivity index (χ2n) is 6.81. The predicted octanol–water partition coefficient (Wildman–Crippen LogP) is 4.20. The molecule has 2 heterocycles. The lowest BCUT2D eigenvalue weighted by Crippen LogP contribution is -2.40. The molecule has 0 unspecified atom stereocenters. The summed E-state index contributed by atoms with van der Waals surface area (Å²) in [5.74, 6) is 0.0963. The average Bonchev–Trinajstić information content (AvgIpc) is 3.12. The predicted molar refractivity (Wildman–Crippen MR) is 110 cm³/mol. The molecule has 0 aliphatic carbocycles. The molecule has 28 heavy (non-hydrogen) atoms. The van der Waals surface area contributed by atoms with Gasteiger partial charge in [-0.2, -0.15) is 0 Å². The number of esters is 1. The number of aromatic nitrogens is 1. The molecule has 0 atom stereocenters. The Morgan fingerprint density at radius 3 is 2.57 bits per heavy atom. The number of carbonyl (C=O) groups is 2. The molecular weight excluding hydrogens is 374 g/mol. The number of thiazole rings is 1. The summed E-state index contributed by atoms with van der Waals surface area (Å²) in [6.07, 6.45) is 1.26. The number of anilines is 2. The number of hydrogen-bond donors (Lipinski definition) is 1. The van der Waals surface area contributed by atoms with E-state index < -0.39 is 0 Å². The molecule has 0 bridgehead atoms. The third-order valence-electron chi connectivity index (χ3n) is 4.89. The quantitative estimate of drug-likeness (QED) is 0.529. The van der Waals surface area contributed by atoms with Gasteiger partial charge in [-0.15, -0.1) is 0 Å². The van der Waals surface area contributed by atoms with Crippen LogP contribution in [0.2, 0.25) is 0 Å².